The average Bonchev–Trinajstić information content (AvgIpc) is 2.62. The Hall–Kier alpha value is -2.18. The van der Waals surface area contributed by atoms with Gasteiger partial charge in [0.2, 0.25) is 4.38 Å². The molecule has 0 aliphatic carbocycles. The molecule has 0 fully saturated rings. The second kappa shape index (κ2) is 10.7. The minimum Gasteiger partial charge on any atom is -0.479 e. The normalized spacial score (nSPS) is 14.3. The van der Waals surface area contributed by atoms with Crippen molar-refractivity contribution in [2.45, 2.75) is 26.7 Å². The molecule has 1 aliphatic rings. The van der Waals surface area contributed by atoms with Crippen molar-refractivity contribution in [2.24, 2.45) is 0 Å². The number of ether oxygens (including phenoxy) is 2. The van der Waals surface area contributed by atoms with Crippen LogP contribution in [0, 0.1) is 11.3 Å². The topological polar surface area (TPSA) is 96.7 Å². The maximum atomic E-state index is 12.2. The van der Waals surface area contributed by atoms with E-state index in [-0.39, 0.29) is 40.9 Å². The van der Waals surface area contributed by atoms with Crippen LogP contribution in [0.2, 0.25) is 0 Å². The fraction of sp³-hybridized carbons (Fsp3) is 0.471. The molecule has 26 heavy (non-hydrogen) atoms. The Morgan fingerprint density at radius 1 is 1.31 bits per heavy atom. The van der Waals surface area contributed by atoms with E-state index in [2.05, 4.69) is 6.58 Å². The highest BCUT2D eigenvalue weighted by Gasteiger charge is 2.33. The number of carbonyl (C=O) groups excluding carboxylic acids is 3. The second-order valence-electron chi connectivity index (χ2n) is 5.31. The van der Waals surface area contributed by atoms with Gasteiger partial charge in [0.15, 0.2) is 0 Å². The summed E-state index contributed by atoms with van der Waals surface area (Å²) in [5.41, 5.74) is 0.321. The van der Waals surface area contributed by atoms with Crippen molar-refractivity contribution in [3.05, 3.63) is 23.3 Å². The van der Waals surface area contributed by atoms with Gasteiger partial charge in [-0.25, -0.2) is 0 Å². The molecule has 0 bridgehead atoms. The van der Waals surface area contributed by atoms with Gasteiger partial charge in [-0.1, -0.05) is 25.3 Å². The molecule has 0 radical (unpaired) electrons. The molecule has 1 aliphatic heterocycles. The van der Waals surface area contributed by atoms with Crippen LogP contribution >= 0.6 is 24.0 Å². The van der Waals surface area contributed by atoms with Gasteiger partial charge in [0, 0.05) is 12.1 Å². The zero-order chi connectivity index (χ0) is 19.7. The van der Waals surface area contributed by atoms with E-state index in [1.54, 1.807) is 6.07 Å². The summed E-state index contributed by atoms with van der Waals surface area (Å²) < 4.78 is 10.5. The molecule has 0 atom stereocenters. The standard InChI is InChI=1S/C17H20N2O5S2/c1-4-7-24-17(25)26-10-14(20)23-8-5-6-19-15(21)12(3)11(2)13(9-18)16(19)22/h3-8,10H2,1-2H3. The molecular weight excluding hydrogens is 376 g/mol. The Morgan fingerprint density at radius 2 is 2.00 bits per heavy atom. The molecule has 0 spiro atoms. The maximum absolute atomic E-state index is 12.2. The molecule has 0 saturated carbocycles. The molecule has 7 nitrogen and oxygen atoms in total. The van der Waals surface area contributed by atoms with E-state index < -0.39 is 17.8 Å². The first-order valence-corrected chi connectivity index (χ1v) is 9.34. The van der Waals surface area contributed by atoms with Crippen LogP contribution in [-0.2, 0) is 23.9 Å². The predicted octanol–water partition coefficient (Wildman–Crippen LogP) is 2.13. The van der Waals surface area contributed by atoms with Crippen LogP contribution in [-0.4, -0.2) is 52.6 Å². The van der Waals surface area contributed by atoms with Gasteiger partial charge < -0.3 is 9.47 Å². The third-order valence-corrected chi connectivity index (χ3v) is 4.63. The molecular formula is C17H20N2O5S2. The van der Waals surface area contributed by atoms with Crippen molar-refractivity contribution >= 4 is 46.1 Å². The lowest BCUT2D eigenvalue weighted by molar-refractivity contribution is -0.141. The molecule has 0 aromatic rings. The van der Waals surface area contributed by atoms with Gasteiger partial charge in [0.1, 0.15) is 11.6 Å². The molecule has 0 aromatic carbocycles. The summed E-state index contributed by atoms with van der Waals surface area (Å²) >= 11 is 6.02. The van der Waals surface area contributed by atoms with Crippen molar-refractivity contribution in [3.8, 4) is 6.07 Å². The third-order valence-electron chi connectivity index (χ3n) is 3.42. The van der Waals surface area contributed by atoms with E-state index in [0.29, 0.717) is 12.2 Å². The molecule has 1 heterocycles. The van der Waals surface area contributed by atoms with Crippen LogP contribution in [0.25, 0.3) is 0 Å². The van der Waals surface area contributed by atoms with E-state index in [9.17, 15) is 14.4 Å². The molecule has 140 valence electrons. The van der Waals surface area contributed by atoms with Crippen molar-refractivity contribution < 1.29 is 23.9 Å². The SMILES string of the molecule is C=C1C(=O)N(CCCOC(=O)CSC(=S)OCCC)C(=O)C(C#N)=C1C. The molecule has 9 heteroatoms. The van der Waals surface area contributed by atoms with Crippen LogP contribution in [0.3, 0.4) is 0 Å². The van der Waals surface area contributed by atoms with Crippen LogP contribution in [0.5, 0.6) is 0 Å². The fourth-order valence-corrected chi connectivity index (χ4v) is 2.74. The number of imide groups is 1. The van der Waals surface area contributed by atoms with Crippen molar-refractivity contribution in [1.82, 2.24) is 4.90 Å². The number of rotatable bonds is 8. The summed E-state index contributed by atoms with van der Waals surface area (Å²) in [5.74, 6) is -1.62. The van der Waals surface area contributed by atoms with E-state index in [0.717, 1.165) is 23.1 Å². The first-order valence-electron chi connectivity index (χ1n) is 7.95. The van der Waals surface area contributed by atoms with Crippen LogP contribution < -0.4 is 0 Å². The van der Waals surface area contributed by atoms with Crippen LogP contribution in [0.4, 0.5) is 0 Å². The summed E-state index contributed by atoms with van der Waals surface area (Å²) in [4.78, 5) is 36.9. The number of amides is 2. The lowest BCUT2D eigenvalue weighted by atomic mass is 9.97. The Bertz CT molecular complexity index is 694. The highest BCUT2D eigenvalue weighted by molar-refractivity contribution is 8.23. The molecule has 0 aromatic heterocycles. The Balaban J connectivity index is 2.40. The second-order valence-corrected chi connectivity index (χ2v) is 6.89. The van der Waals surface area contributed by atoms with E-state index in [4.69, 9.17) is 27.0 Å². The zero-order valence-electron chi connectivity index (χ0n) is 14.7. The minimum absolute atomic E-state index is 0.0292. The highest BCUT2D eigenvalue weighted by Crippen LogP contribution is 2.23. The van der Waals surface area contributed by atoms with Gasteiger partial charge in [-0.3, -0.25) is 19.3 Å². The summed E-state index contributed by atoms with van der Waals surface area (Å²) in [5, 5.41) is 9.06. The Kier molecular flexibility index (Phi) is 9.02. The number of esters is 1. The van der Waals surface area contributed by atoms with E-state index in [1.165, 1.54) is 6.92 Å². The van der Waals surface area contributed by atoms with Gasteiger partial charge in [-0.2, -0.15) is 5.26 Å². The quantitative estimate of drug-likeness (QED) is 0.202. The third kappa shape index (κ3) is 5.97. The number of thioether (sulfide) groups is 1. The monoisotopic (exact) mass is 396 g/mol. The van der Waals surface area contributed by atoms with Crippen LogP contribution in [0.15, 0.2) is 23.3 Å². The summed E-state index contributed by atoms with van der Waals surface area (Å²) in [7, 11) is 0. The maximum Gasteiger partial charge on any atom is 0.316 e. The van der Waals surface area contributed by atoms with Gasteiger partial charge in [0.05, 0.1) is 19.0 Å². The number of carbonyl (C=O) groups is 3. The number of nitriles is 1. The predicted molar refractivity (Wildman–Crippen MR) is 101 cm³/mol. The van der Waals surface area contributed by atoms with Gasteiger partial charge in [-0.15, -0.1) is 0 Å². The smallest absolute Gasteiger partial charge is 0.316 e. The summed E-state index contributed by atoms with van der Waals surface area (Å²) in [6.45, 7) is 7.65. The summed E-state index contributed by atoms with van der Waals surface area (Å²) in [6, 6.07) is 1.80. The fourth-order valence-electron chi connectivity index (χ4n) is 1.99. The van der Waals surface area contributed by atoms with Crippen LogP contribution in [0.1, 0.15) is 26.7 Å². The Morgan fingerprint density at radius 3 is 2.62 bits per heavy atom. The largest absolute Gasteiger partial charge is 0.479 e. The van der Waals surface area contributed by atoms with Gasteiger partial charge >= 0.3 is 5.97 Å². The van der Waals surface area contributed by atoms with E-state index in [1.807, 2.05) is 6.92 Å². The zero-order valence-corrected chi connectivity index (χ0v) is 16.3. The lowest BCUT2D eigenvalue weighted by Gasteiger charge is -2.26. The first-order chi connectivity index (χ1) is 12.3. The lowest BCUT2D eigenvalue weighted by Crippen LogP contribution is -2.43. The van der Waals surface area contributed by atoms with Crippen molar-refractivity contribution in [2.75, 3.05) is 25.5 Å². The molecule has 0 N–H and O–H groups in total. The summed E-state index contributed by atoms with van der Waals surface area (Å²) in [6.07, 6.45) is 1.09. The van der Waals surface area contributed by atoms with Crippen molar-refractivity contribution in [1.29, 1.82) is 5.26 Å². The first kappa shape index (κ1) is 21.9. The number of hydrogen-bond donors (Lipinski definition) is 0. The van der Waals surface area contributed by atoms with Crippen molar-refractivity contribution in [3.63, 3.8) is 0 Å². The molecule has 2 amide bonds. The highest BCUT2D eigenvalue weighted by atomic mass is 32.2. The number of nitrogens with zero attached hydrogens (tertiary/aromatic N) is 2. The number of thiocarbonyl (C=S) groups is 1. The Labute approximate surface area is 162 Å². The van der Waals surface area contributed by atoms with Gasteiger partial charge in [-0.05, 0) is 37.6 Å². The van der Waals surface area contributed by atoms with E-state index >= 15 is 0 Å². The van der Waals surface area contributed by atoms with Gasteiger partial charge in [0.25, 0.3) is 11.8 Å². The molecule has 0 saturated heterocycles. The molecule has 1 rings (SSSR count). The minimum atomic E-state index is -0.650. The number of hydrogen-bond acceptors (Lipinski definition) is 8. The molecule has 0 unspecified atom stereocenters. The average molecular weight is 396 g/mol.